The fourth-order valence-corrected chi connectivity index (χ4v) is 3.33. The van der Waals surface area contributed by atoms with Crippen LogP contribution in [0.5, 0.6) is 0 Å². The van der Waals surface area contributed by atoms with Crippen molar-refractivity contribution in [2.24, 2.45) is 0 Å². The standard InChI is InChI=1S/C21H21F3N6O2/c1-12(28-11-21(22,23)24)20(31)30-18-10-25-9-17(29-18)16-8-27-19-15(16)6-14(7-26-19)13-2-4-32-5-3-13/h2,6-10,12,28H,3-5,11H2,1H3,(H,26,27)(H,29,30,31)/t12-/m1/s1. The van der Waals surface area contributed by atoms with Gasteiger partial charge in [0.25, 0.3) is 0 Å². The van der Waals surface area contributed by atoms with Crippen LogP contribution < -0.4 is 10.6 Å². The van der Waals surface area contributed by atoms with Gasteiger partial charge in [0.05, 0.1) is 43.9 Å². The highest BCUT2D eigenvalue weighted by atomic mass is 19.4. The minimum atomic E-state index is -4.41. The average Bonchev–Trinajstić information content (AvgIpc) is 3.21. The first-order valence-electron chi connectivity index (χ1n) is 9.98. The van der Waals surface area contributed by atoms with Gasteiger partial charge in [-0.25, -0.2) is 9.97 Å². The van der Waals surface area contributed by atoms with Crippen molar-refractivity contribution < 1.29 is 22.7 Å². The molecule has 3 aromatic rings. The van der Waals surface area contributed by atoms with E-state index in [9.17, 15) is 18.0 Å². The lowest BCUT2D eigenvalue weighted by Gasteiger charge is -2.15. The van der Waals surface area contributed by atoms with Gasteiger partial charge < -0.3 is 15.0 Å². The molecule has 1 amide bonds. The van der Waals surface area contributed by atoms with E-state index >= 15 is 0 Å². The zero-order valence-electron chi connectivity index (χ0n) is 17.2. The van der Waals surface area contributed by atoms with Crippen molar-refractivity contribution in [3.63, 3.8) is 0 Å². The van der Waals surface area contributed by atoms with E-state index in [0.717, 1.165) is 28.5 Å². The summed E-state index contributed by atoms with van der Waals surface area (Å²) in [6.45, 7) is 1.31. The third kappa shape index (κ3) is 5.11. The van der Waals surface area contributed by atoms with Crippen LogP contribution in [0.2, 0.25) is 0 Å². The molecular formula is C21H21F3N6O2. The number of fused-ring (bicyclic) bond motifs is 1. The van der Waals surface area contributed by atoms with Crippen LogP contribution in [0.15, 0.2) is 36.9 Å². The summed E-state index contributed by atoms with van der Waals surface area (Å²) in [5, 5.41) is 5.47. The van der Waals surface area contributed by atoms with E-state index in [2.05, 4.69) is 30.6 Å². The van der Waals surface area contributed by atoms with Crippen LogP contribution in [-0.4, -0.2) is 57.8 Å². The Bertz CT molecular complexity index is 1160. The van der Waals surface area contributed by atoms with Gasteiger partial charge in [0.2, 0.25) is 5.91 Å². The van der Waals surface area contributed by atoms with Crippen molar-refractivity contribution in [2.75, 3.05) is 25.1 Å². The van der Waals surface area contributed by atoms with Crippen LogP contribution in [0, 0.1) is 0 Å². The van der Waals surface area contributed by atoms with Gasteiger partial charge in [0.1, 0.15) is 5.65 Å². The molecule has 0 aromatic carbocycles. The number of rotatable bonds is 6. The van der Waals surface area contributed by atoms with Gasteiger partial charge in [0.15, 0.2) is 5.82 Å². The molecule has 4 rings (SSSR count). The molecule has 1 aliphatic heterocycles. The zero-order chi connectivity index (χ0) is 22.7. The van der Waals surface area contributed by atoms with E-state index < -0.39 is 24.7 Å². The number of carbonyl (C=O) groups is 1. The fourth-order valence-electron chi connectivity index (χ4n) is 3.33. The number of ether oxygens (including phenoxy) is 1. The fraction of sp³-hybridized carbons (Fsp3) is 0.333. The van der Waals surface area contributed by atoms with Crippen molar-refractivity contribution in [3.8, 4) is 11.3 Å². The highest BCUT2D eigenvalue weighted by Gasteiger charge is 2.28. The Morgan fingerprint density at radius 1 is 1.31 bits per heavy atom. The number of nitrogens with zero attached hydrogens (tertiary/aromatic N) is 3. The summed E-state index contributed by atoms with van der Waals surface area (Å²) in [5.41, 5.74) is 4.06. The van der Waals surface area contributed by atoms with E-state index in [1.54, 1.807) is 18.6 Å². The maximum atomic E-state index is 12.4. The Balaban J connectivity index is 1.55. The van der Waals surface area contributed by atoms with Gasteiger partial charge in [-0.05, 0) is 30.5 Å². The van der Waals surface area contributed by atoms with E-state index in [-0.39, 0.29) is 5.82 Å². The van der Waals surface area contributed by atoms with Crippen LogP contribution in [0.25, 0.3) is 27.9 Å². The molecule has 3 N–H and O–H groups in total. The molecule has 0 bridgehead atoms. The SMILES string of the molecule is C[C@@H](NCC(F)(F)F)C(=O)Nc1cncc(-c2c[nH]c3ncc(C4=CCOCC4)cc23)n1. The molecule has 0 spiro atoms. The predicted octanol–water partition coefficient (Wildman–Crippen LogP) is 3.30. The van der Waals surface area contributed by atoms with Gasteiger partial charge in [-0.1, -0.05) is 6.08 Å². The summed E-state index contributed by atoms with van der Waals surface area (Å²) in [7, 11) is 0. The molecule has 0 saturated carbocycles. The van der Waals surface area contributed by atoms with Gasteiger partial charge in [-0.2, -0.15) is 13.2 Å². The van der Waals surface area contributed by atoms with Crippen LogP contribution >= 0.6 is 0 Å². The van der Waals surface area contributed by atoms with Gasteiger partial charge in [-0.15, -0.1) is 0 Å². The summed E-state index contributed by atoms with van der Waals surface area (Å²) in [5.74, 6) is -0.506. The quantitative estimate of drug-likeness (QED) is 0.537. The minimum absolute atomic E-state index is 0.138. The Morgan fingerprint density at radius 3 is 2.91 bits per heavy atom. The van der Waals surface area contributed by atoms with Crippen LogP contribution in [0.3, 0.4) is 0 Å². The first-order chi connectivity index (χ1) is 15.3. The second-order valence-corrected chi connectivity index (χ2v) is 7.37. The van der Waals surface area contributed by atoms with E-state index in [0.29, 0.717) is 24.6 Å². The first-order valence-corrected chi connectivity index (χ1v) is 9.98. The summed E-state index contributed by atoms with van der Waals surface area (Å²) in [6, 6.07) is 0.955. The third-order valence-electron chi connectivity index (χ3n) is 5.03. The van der Waals surface area contributed by atoms with Crippen molar-refractivity contribution in [1.29, 1.82) is 0 Å². The number of anilines is 1. The number of aromatic amines is 1. The smallest absolute Gasteiger partial charge is 0.377 e. The Labute approximate surface area is 181 Å². The number of aromatic nitrogens is 4. The first kappa shape index (κ1) is 21.9. The molecule has 0 aliphatic carbocycles. The summed E-state index contributed by atoms with van der Waals surface area (Å²) in [6.07, 6.45) is 4.86. The van der Waals surface area contributed by atoms with E-state index in [1.165, 1.54) is 13.1 Å². The minimum Gasteiger partial charge on any atom is -0.377 e. The lowest BCUT2D eigenvalue weighted by Crippen LogP contribution is -2.42. The molecule has 8 nitrogen and oxygen atoms in total. The molecule has 0 fully saturated rings. The Kier molecular flexibility index (Phi) is 6.19. The molecule has 4 heterocycles. The Morgan fingerprint density at radius 2 is 2.16 bits per heavy atom. The number of amides is 1. The number of hydrogen-bond donors (Lipinski definition) is 3. The summed E-state index contributed by atoms with van der Waals surface area (Å²) < 4.78 is 42.4. The van der Waals surface area contributed by atoms with Crippen molar-refractivity contribution >= 4 is 28.3 Å². The van der Waals surface area contributed by atoms with Crippen LogP contribution in [-0.2, 0) is 9.53 Å². The number of pyridine rings is 1. The molecule has 0 radical (unpaired) electrons. The predicted molar refractivity (Wildman–Crippen MR) is 113 cm³/mol. The molecule has 168 valence electrons. The number of hydrogen-bond acceptors (Lipinski definition) is 6. The second kappa shape index (κ2) is 9.05. The number of H-pyrrole nitrogens is 1. The van der Waals surface area contributed by atoms with Crippen molar-refractivity contribution in [1.82, 2.24) is 25.3 Å². The molecule has 1 atom stereocenters. The molecule has 0 unspecified atom stereocenters. The van der Waals surface area contributed by atoms with Gasteiger partial charge in [0, 0.05) is 23.3 Å². The number of nitrogens with one attached hydrogen (secondary N) is 3. The average molecular weight is 446 g/mol. The highest BCUT2D eigenvalue weighted by molar-refractivity contribution is 5.96. The summed E-state index contributed by atoms with van der Waals surface area (Å²) >= 11 is 0. The molecule has 0 saturated heterocycles. The normalized spacial score (nSPS) is 15.4. The maximum absolute atomic E-state index is 12.4. The highest BCUT2D eigenvalue weighted by Crippen LogP contribution is 2.30. The molecule has 3 aromatic heterocycles. The van der Waals surface area contributed by atoms with Gasteiger partial charge >= 0.3 is 6.18 Å². The zero-order valence-corrected chi connectivity index (χ0v) is 17.2. The molecular weight excluding hydrogens is 425 g/mol. The van der Waals surface area contributed by atoms with Crippen molar-refractivity contribution in [2.45, 2.75) is 25.6 Å². The Hall–Kier alpha value is -3.31. The third-order valence-corrected chi connectivity index (χ3v) is 5.03. The van der Waals surface area contributed by atoms with Crippen LogP contribution in [0.4, 0.5) is 19.0 Å². The lowest BCUT2D eigenvalue weighted by atomic mass is 10.0. The monoisotopic (exact) mass is 446 g/mol. The largest absolute Gasteiger partial charge is 0.401 e. The number of halogens is 3. The summed E-state index contributed by atoms with van der Waals surface area (Å²) in [4.78, 5) is 28.3. The van der Waals surface area contributed by atoms with E-state index in [1.807, 2.05) is 12.1 Å². The number of carbonyl (C=O) groups excluding carboxylic acids is 1. The lowest BCUT2D eigenvalue weighted by molar-refractivity contribution is -0.129. The van der Waals surface area contributed by atoms with Crippen molar-refractivity contribution in [3.05, 3.63) is 42.5 Å². The second-order valence-electron chi connectivity index (χ2n) is 7.37. The van der Waals surface area contributed by atoms with E-state index in [4.69, 9.17) is 4.74 Å². The number of alkyl halides is 3. The van der Waals surface area contributed by atoms with Gasteiger partial charge in [-0.3, -0.25) is 15.1 Å². The molecule has 11 heteroatoms. The maximum Gasteiger partial charge on any atom is 0.401 e. The topological polar surface area (TPSA) is 105 Å². The molecule has 32 heavy (non-hydrogen) atoms. The molecule has 1 aliphatic rings. The van der Waals surface area contributed by atoms with Crippen LogP contribution in [0.1, 0.15) is 18.9 Å².